The molecular weight excluding hydrogens is 176 g/mol. The van der Waals surface area contributed by atoms with Crippen molar-refractivity contribution in [2.75, 3.05) is 0 Å². The Morgan fingerprint density at radius 3 is 1.56 bits per heavy atom. The number of aliphatic carboxylic acids is 1. The van der Waals surface area contributed by atoms with Gasteiger partial charge in [-0.25, -0.2) is 0 Å². The minimum absolute atomic E-state index is 0. The fourth-order valence-corrected chi connectivity index (χ4v) is 0. The summed E-state index contributed by atoms with van der Waals surface area (Å²) < 4.78 is 0. The fourth-order valence-electron chi connectivity index (χ4n) is 0. The molecule has 0 amide bonds. The van der Waals surface area contributed by atoms with Crippen LogP contribution in [0.25, 0.3) is 0 Å². The second kappa shape index (κ2) is 23.1. The van der Waals surface area contributed by atoms with E-state index in [1.54, 1.807) is 0 Å². The van der Waals surface area contributed by atoms with Crippen LogP contribution in [0.3, 0.4) is 0 Å². The van der Waals surface area contributed by atoms with Crippen molar-refractivity contribution < 1.29 is 33.3 Å². The van der Waals surface area contributed by atoms with Crippen molar-refractivity contribution in [3.63, 3.8) is 0 Å². The number of hydrogen-bond donors (Lipinski definition) is 0. The Kier molecular flexibility index (Phi) is 83.5. The van der Waals surface area contributed by atoms with Crippen molar-refractivity contribution in [1.82, 2.24) is 0 Å². The van der Waals surface area contributed by atoms with Crippen LogP contribution in [-0.2, 0) is 4.79 Å². The molecule has 0 bridgehead atoms. The molecule has 4 N–H and O–H groups in total. The van der Waals surface area contributed by atoms with Gasteiger partial charge in [0.25, 0.3) is 0 Å². The van der Waals surface area contributed by atoms with Gasteiger partial charge in [0, 0.05) is 5.97 Å². The van der Waals surface area contributed by atoms with Crippen LogP contribution >= 0.6 is 0 Å². The minimum Gasteiger partial charge on any atom is -1.00 e. The molecule has 0 radical (unpaired) electrons. The molecule has 0 aliphatic carbocycles. The molecule has 0 aliphatic rings. The third-order valence-electron chi connectivity index (χ3n) is 0.289. The maximum Gasteiger partial charge on any atom is 2.00 e. The summed E-state index contributed by atoms with van der Waals surface area (Å²) in [5.74, 6) is -0.995. The largest absolute Gasteiger partial charge is 2.00 e. The Morgan fingerprint density at radius 2 is 1.56 bits per heavy atom. The zero-order valence-electron chi connectivity index (χ0n) is 5.11. The summed E-state index contributed by atoms with van der Waals surface area (Å²) >= 11 is 0. The monoisotopic (exact) mass is 184 g/mol. The predicted molar refractivity (Wildman–Crippen MR) is 28.3 cm³/mol. The molecule has 0 spiro atoms. The molecule has 0 fully saturated rings. The fraction of sp³-hybridized carbons (Fsp3) is 0.667. The van der Waals surface area contributed by atoms with E-state index in [-0.39, 0.29) is 67.5 Å². The minimum atomic E-state index is -0.995. The molecule has 0 aromatic rings. The van der Waals surface area contributed by atoms with Crippen LogP contribution < -0.4 is 17.5 Å². The Balaban J connectivity index is -0.0000000133. The van der Waals surface area contributed by atoms with Crippen LogP contribution in [0.4, 0.5) is 0 Å². The number of carbonyl (C=O) groups is 1. The van der Waals surface area contributed by atoms with Gasteiger partial charge in [0.15, 0.2) is 0 Å². The van der Waals surface area contributed by atoms with Gasteiger partial charge >= 0.3 is 37.7 Å². The number of carboxylic acids is 1. The molecule has 0 rings (SSSR count). The zero-order valence-corrected chi connectivity index (χ0v) is 8.07. The van der Waals surface area contributed by atoms with Crippen molar-refractivity contribution in [3.05, 3.63) is 0 Å². The molecule has 0 saturated heterocycles. The number of hydrogen-bond acceptors (Lipinski definition) is 2. The molecular formula is C3H9CaClO4. The van der Waals surface area contributed by atoms with Crippen molar-refractivity contribution in [2.24, 2.45) is 0 Å². The van der Waals surface area contributed by atoms with Gasteiger partial charge in [-0.1, -0.05) is 6.92 Å². The Hall–Kier alpha value is 0.940. The van der Waals surface area contributed by atoms with Crippen LogP contribution in [-0.4, -0.2) is 54.7 Å². The zero-order chi connectivity index (χ0) is 4.28. The molecule has 0 atom stereocenters. The first-order chi connectivity index (χ1) is 2.27. The standard InChI is InChI=1S/C3H6O2.Ca.ClH.2H2O/c1-2-3(4)5;;;;/h2H2,1H3,(H,4,5);;1H;2*1H2/q;+2;;;/p-2. The van der Waals surface area contributed by atoms with E-state index >= 15 is 0 Å². The maximum absolute atomic E-state index is 9.26. The molecule has 0 unspecified atom stereocenters. The van der Waals surface area contributed by atoms with Crippen LogP contribution in [0.2, 0.25) is 0 Å². The number of carbonyl (C=O) groups excluding carboxylic acids is 1. The summed E-state index contributed by atoms with van der Waals surface area (Å²) in [5.41, 5.74) is 0. The van der Waals surface area contributed by atoms with E-state index in [2.05, 4.69) is 0 Å². The topological polar surface area (TPSA) is 103 Å². The molecule has 6 heteroatoms. The molecule has 9 heavy (non-hydrogen) atoms. The molecule has 54 valence electrons. The second-order valence-corrected chi connectivity index (χ2v) is 0.726. The van der Waals surface area contributed by atoms with E-state index in [1.165, 1.54) is 6.92 Å². The predicted octanol–water partition coefficient (Wildman–Crippen LogP) is -5.88. The van der Waals surface area contributed by atoms with Gasteiger partial charge < -0.3 is 33.3 Å². The van der Waals surface area contributed by atoms with E-state index in [9.17, 15) is 9.90 Å². The van der Waals surface area contributed by atoms with Crippen molar-refractivity contribution in [1.29, 1.82) is 0 Å². The SMILES string of the molecule is CCC(=O)[O-].O.O.[Ca+2].[Cl-]. The van der Waals surface area contributed by atoms with Gasteiger partial charge in [-0.15, -0.1) is 0 Å². The average Bonchev–Trinajstić information content (AvgIpc) is 1.38. The third kappa shape index (κ3) is 49.8. The first-order valence-electron chi connectivity index (χ1n) is 1.47. The Labute approximate surface area is 89.7 Å². The molecule has 0 aromatic carbocycles. The normalized spacial score (nSPS) is 4.11. The molecule has 0 saturated carbocycles. The van der Waals surface area contributed by atoms with Gasteiger partial charge in [-0.3, -0.25) is 0 Å². The van der Waals surface area contributed by atoms with E-state index < -0.39 is 5.97 Å². The quantitative estimate of drug-likeness (QED) is 0.379. The van der Waals surface area contributed by atoms with Crippen molar-refractivity contribution in [2.45, 2.75) is 13.3 Å². The number of halogens is 1. The van der Waals surface area contributed by atoms with Crippen molar-refractivity contribution in [3.8, 4) is 0 Å². The van der Waals surface area contributed by atoms with Gasteiger partial charge in [0.1, 0.15) is 0 Å². The van der Waals surface area contributed by atoms with Crippen LogP contribution in [0.5, 0.6) is 0 Å². The van der Waals surface area contributed by atoms with Crippen LogP contribution in [0.1, 0.15) is 13.3 Å². The Morgan fingerprint density at radius 1 is 1.44 bits per heavy atom. The summed E-state index contributed by atoms with van der Waals surface area (Å²) in [6.45, 7) is 1.54. The molecule has 0 aromatic heterocycles. The van der Waals surface area contributed by atoms with Gasteiger partial charge in [-0.2, -0.15) is 0 Å². The second-order valence-electron chi connectivity index (χ2n) is 0.726. The van der Waals surface area contributed by atoms with Crippen LogP contribution in [0, 0.1) is 0 Å². The molecule has 4 nitrogen and oxygen atoms in total. The summed E-state index contributed by atoms with van der Waals surface area (Å²) in [5, 5.41) is 9.26. The van der Waals surface area contributed by atoms with E-state index in [4.69, 9.17) is 0 Å². The summed E-state index contributed by atoms with van der Waals surface area (Å²) in [4.78, 5) is 9.26. The van der Waals surface area contributed by atoms with E-state index in [0.29, 0.717) is 0 Å². The maximum atomic E-state index is 9.26. The van der Waals surface area contributed by atoms with Gasteiger partial charge in [-0.05, 0) is 6.42 Å². The van der Waals surface area contributed by atoms with E-state index in [1.807, 2.05) is 0 Å². The Bertz CT molecular complexity index is 51.1. The summed E-state index contributed by atoms with van der Waals surface area (Å²) in [6, 6.07) is 0. The van der Waals surface area contributed by atoms with Crippen LogP contribution in [0.15, 0.2) is 0 Å². The van der Waals surface area contributed by atoms with E-state index in [0.717, 1.165) is 0 Å². The first-order valence-corrected chi connectivity index (χ1v) is 1.47. The molecule has 0 heterocycles. The van der Waals surface area contributed by atoms with Gasteiger partial charge in [0.2, 0.25) is 0 Å². The average molecular weight is 185 g/mol. The third-order valence-corrected chi connectivity index (χ3v) is 0.289. The number of carboxylic acid groups (broad SMARTS) is 1. The molecule has 0 aliphatic heterocycles. The number of rotatable bonds is 1. The summed E-state index contributed by atoms with van der Waals surface area (Å²) in [7, 11) is 0. The van der Waals surface area contributed by atoms with Crippen molar-refractivity contribution >= 4 is 43.7 Å². The van der Waals surface area contributed by atoms with Gasteiger partial charge in [0.05, 0.1) is 0 Å². The smallest absolute Gasteiger partial charge is 1.00 e. The summed E-state index contributed by atoms with van der Waals surface area (Å²) in [6.07, 6.45) is 0.111. The first kappa shape index (κ1) is 32.6.